The molecule has 2 aromatic rings. The molecule has 2 N–H and O–H groups in total. The number of ether oxygens (including phenoxy) is 1. The van der Waals surface area contributed by atoms with Crippen LogP contribution in [0, 0.1) is 0 Å². The third kappa shape index (κ3) is 3.81. The van der Waals surface area contributed by atoms with Gasteiger partial charge in [-0.3, -0.25) is 4.79 Å². The number of primary amides is 1. The van der Waals surface area contributed by atoms with E-state index in [9.17, 15) is 4.79 Å². The van der Waals surface area contributed by atoms with Crippen molar-refractivity contribution < 1.29 is 14.1 Å². The highest BCUT2D eigenvalue weighted by Gasteiger charge is 2.08. The van der Waals surface area contributed by atoms with Gasteiger partial charge in [0, 0.05) is 18.4 Å². The van der Waals surface area contributed by atoms with Crippen LogP contribution in [0.3, 0.4) is 0 Å². The van der Waals surface area contributed by atoms with E-state index in [1.807, 2.05) is 24.3 Å². The first-order chi connectivity index (χ1) is 9.69. The summed E-state index contributed by atoms with van der Waals surface area (Å²) in [6.07, 6.45) is 2.57. The average Bonchev–Trinajstić information content (AvgIpc) is 2.92. The molecule has 20 heavy (non-hydrogen) atoms. The lowest BCUT2D eigenvalue weighted by atomic mass is 10.2. The van der Waals surface area contributed by atoms with E-state index in [1.54, 1.807) is 7.11 Å². The molecule has 1 aromatic heterocycles. The van der Waals surface area contributed by atoms with E-state index >= 15 is 0 Å². The summed E-state index contributed by atoms with van der Waals surface area (Å²) in [5.41, 5.74) is 5.95. The molecule has 6 nitrogen and oxygen atoms in total. The zero-order chi connectivity index (χ0) is 14.4. The maximum absolute atomic E-state index is 10.6. The van der Waals surface area contributed by atoms with Gasteiger partial charge >= 0.3 is 0 Å². The van der Waals surface area contributed by atoms with Crippen molar-refractivity contribution in [2.24, 2.45) is 5.73 Å². The normalized spacial score (nSPS) is 10.4. The monoisotopic (exact) mass is 275 g/mol. The summed E-state index contributed by atoms with van der Waals surface area (Å²) in [5, 5.41) is 3.94. The smallest absolute Gasteiger partial charge is 0.226 e. The minimum absolute atomic E-state index is 0.283. The zero-order valence-corrected chi connectivity index (χ0v) is 11.3. The molecule has 0 fully saturated rings. The third-order valence-electron chi connectivity index (χ3n) is 2.88. The molecule has 1 heterocycles. The molecule has 0 bridgehead atoms. The van der Waals surface area contributed by atoms with E-state index in [1.165, 1.54) is 0 Å². The summed E-state index contributed by atoms with van der Waals surface area (Å²) in [7, 11) is 1.62. The molecule has 2 rings (SSSR count). The molecule has 6 heteroatoms. The summed E-state index contributed by atoms with van der Waals surface area (Å²) >= 11 is 0. The van der Waals surface area contributed by atoms with Crippen LogP contribution in [0.1, 0.15) is 25.2 Å². The van der Waals surface area contributed by atoms with E-state index in [2.05, 4.69) is 10.1 Å². The van der Waals surface area contributed by atoms with Crippen LogP contribution in [-0.4, -0.2) is 23.2 Å². The van der Waals surface area contributed by atoms with Gasteiger partial charge in [-0.05, 0) is 37.1 Å². The number of benzene rings is 1. The van der Waals surface area contributed by atoms with Crippen LogP contribution in [0.4, 0.5) is 0 Å². The average molecular weight is 275 g/mol. The van der Waals surface area contributed by atoms with Crippen LogP contribution in [-0.2, 0) is 11.2 Å². The second kappa shape index (κ2) is 6.70. The van der Waals surface area contributed by atoms with Crippen LogP contribution < -0.4 is 10.5 Å². The van der Waals surface area contributed by atoms with Gasteiger partial charge in [-0.15, -0.1) is 0 Å². The maximum Gasteiger partial charge on any atom is 0.226 e. The number of amides is 1. The number of carbonyl (C=O) groups is 1. The Bertz CT molecular complexity index is 563. The number of nitrogens with zero attached hydrogens (tertiary/aromatic N) is 2. The van der Waals surface area contributed by atoms with Gasteiger partial charge in [0.1, 0.15) is 5.75 Å². The van der Waals surface area contributed by atoms with Gasteiger partial charge in [-0.2, -0.15) is 4.98 Å². The minimum Gasteiger partial charge on any atom is -0.497 e. The van der Waals surface area contributed by atoms with Gasteiger partial charge in [0.05, 0.1) is 7.11 Å². The molecule has 0 atom stereocenters. The second-order valence-corrected chi connectivity index (χ2v) is 4.41. The Labute approximate surface area is 116 Å². The quantitative estimate of drug-likeness (QED) is 0.780. The van der Waals surface area contributed by atoms with Gasteiger partial charge in [-0.25, -0.2) is 0 Å². The van der Waals surface area contributed by atoms with Crippen molar-refractivity contribution in [2.45, 2.75) is 25.7 Å². The van der Waals surface area contributed by atoms with Gasteiger partial charge in [-0.1, -0.05) is 5.16 Å². The number of hydrogen-bond donors (Lipinski definition) is 1. The van der Waals surface area contributed by atoms with Gasteiger partial charge in [0.25, 0.3) is 0 Å². The Balaban J connectivity index is 1.92. The highest BCUT2D eigenvalue weighted by molar-refractivity contribution is 5.73. The largest absolute Gasteiger partial charge is 0.497 e. The van der Waals surface area contributed by atoms with Crippen LogP contribution in [0.15, 0.2) is 28.8 Å². The molecule has 1 amide bonds. The Morgan fingerprint density at radius 3 is 2.70 bits per heavy atom. The van der Waals surface area contributed by atoms with E-state index in [-0.39, 0.29) is 5.91 Å². The third-order valence-corrected chi connectivity index (χ3v) is 2.88. The lowest BCUT2D eigenvalue weighted by Crippen LogP contribution is -2.09. The van der Waals surface area contributed by atoms with Crippen LogP contribution in [0.5, 0.6) is 5.75 Å². The van der Waals surface area contributed by atoms with Crippen LogP contribution >= 0.6 is 0 Å². The van der Waals surface area contributed by atoms with Crippen molar-refractivity contribution in [3.63, 3.8) is 0 Å². The topological polar surface area (TPSA) is 91.2 Å². The SMILES string of the molecule is COc1ccc(-c2noc(CCCCC(N)=O)n2)cc1. The van der Waals surface area contributed by atoms with Gasteiger partial charge in [0.2, 0.25) is 17.6 Å². The van der Waals surface area contributed by atoms with Crippen molar-refractivity contribution in [2.75, 3.05) is 7.11 Å². The van der Waals surface area contributed by atoms with Crippen LogP contribution in [0.25, 0.3) is 11.4 Å². The number of hydrogen-bond acceptors (Lipinski definition) is 5. The predicted molar refractivity (Wildman–Crippen MR) is 73.0 cm³/mol. The van der Waals surface area contributed by atoms with Crippen molar-refractivity contribution >= 4 is 5.91 Å². The molecule has 0 saturated heterocycles. The Hall–Kier alpha value is -2.37. The number of nitrogens with two attached hydrogens (primary N) is 1. The number of carbonyl (C=O) groups excluding carboxylic acids is 1. The first kappa shape index (κ1) is 14.0. The molecule has 0 unspecified atom stereocenters. The summed E-state index contributed by atoms with van der Waals surface area (Å²) in [4.78, 5) is 14.9. The lowest BCUT2D eigenvalue weighted by Gasteiger charge is -1.98. The second-order valence-electron chi connectivity index (χ2n) is 4.41. The summed E-state index contributed by atoms with van der Waals surface area (Å²) < 4.78 is 10.3. The highest BCUT2D eigenvalue weighted by atomic mass is 16.5. The molecule has 0 radical (unpaired) electrons. The van der Waals surface area contributed by atoms with Crippen molar-refractivity contribution in [3.8, 4) is 17.1 Å². The van der Waals surface area contributed by atoms with E-state index in [0.717, 1.165) is 24.2 Å². The van der Waals surface area contributed by atoms with Crippen molar-refractivity contribution in [1.82, 2.24) is 10.1 Å². The molecule has 106 valence electrons. The fourth-order valence-electron chi connectivity index (χ4n) is 1.79. The van der Waals surface area contributed by atoms with E-state index in [4.69, 9.17) is 15.0 Å². The lowest BCUT2D eigenvalue weighted by molar-refractivity contribution is -0.118. The predicted octanol–water partition coefficient (Wildman–Crippen LogP) is 1.94. The number of aromatic nitrogens is 2. The zero-order valence-electron chi connectivity index (χ0n) is 11.3. The summed E-state index contributed by atoms with van der Waals surface area (Å²) in [5.74, 6) is 1.62. The molecule has 0 aliphatic heterocycles. The molecule has 0 spiro atoms. The first-order valence-electron chi connectivity index (χ1n) is 6.44. The first-order valence-corrected chi connectivity index (χ1v) is 6.44. The summed E-state index contributed by atoms with van der Waals surface area (Å²) in [6.45, 7) is 0. The van der Waals surface area contributed by atoms with Gasteiger partial charge < -0.3 is 15.0 Å². The van der Waals surface area contributed by atoms with Crippen molar-refractivity contribution in [3.05, 3.63) is 30.2 Å². The molecular weight excluding hydrogens is 258 g/mol. The van der Waals surface area contributed by atoms with Crippen molar-refractivity contribution in [1.29, 1.82) is 0 Å². The number of unbranched alkanes of at least 4 members (excludes halogenated alkanes) is 1. The highest BCUT2D eigenvalue weighted by Crippen LogP contribution is 2.20. The molecule has 0 aliphatic carbocycles. The molecular formula is C14H17N3O3. The molecule has 1 aromatic carbocycles. The minimum atomic E-state index is -0.283. The Morgan fingerprint density at radius 2 is 2.05 bits per heavy atom. The Morgan fingerprint density at radius 1 is 1.30 bits per heavy atom. The fraction of sp³-hybridized carbons (Fsp3) is 0.357. The molecule has 0 aliphatic rings. The summed E-state index contributed by atoms with van der Waals surface area (Å²) in [6, 6.07) is 7.44. The number of methoxy groups -OCH3 is 1. The Kier molecular flexibility index (Phi) is 4.70. The fourth-order valence-corrected chi connectivity index (χ4v) is 1.79. The number of aryl methyl sites for hydroxylation is 1. The van der Waals surface area contributed by atoms with Crippen LogP contribution in [0.2, 0.25) is 0 Å². The van der Waals surface area contributed by atoms with Gasteiger partial charge in [0.15, 0.2) is 0 Å². The van der Waals surface area contributed by atoms with E-state index < -0.39 is 0 Å². The van der Waals surface area contributed by atoms with E-state index in [0.29, 0.717) is 24.6 Å². The standard InChI is InChI=1S/C14H17N3O3/c1-19-11-8-6-10(7-9-11)14-16-13(20-17-14)5-3-2-4-12(15)18/h6-9H,2-5H2,1H3,(H2,15,18). The molecule has 0 saturated carbocycles. The maximum atomic E-state index is 10.6. The number of rotatable bonds is 7.